The molecule has 0 radical (unpaired) electrons. The molecule has 1 heterocycles. The Morgan fingerprint density at radius 1 is 1.05 bits per heavy atom. The zero-order chi connectivity index (χ0) is 13.9. The molecule has 0 aliphatic rings. The summed E-state index contributed by atoms with van der Waals surface area (Å²) in [5.41, 5.74) is 1.97. The fourth-order valence-electron chi connectivity index (χ4n) is 2.41. The molecule has 0 amide bonds. The number of halogens is 1. The first-order valence-corrected chi connectivity index (χ1v) is 7.28. The third-order valence-electron chi connectivity index (χ3n) is 3.40. The third kappa shape index (κ3) is 2.74. The molecule has 3 heteroatoms. The molecule has 0 fully saturated rings. The van der Waals surface area contributed by atoms with Crippen LogP contribution in [-0.2, 0) is 6.42 Å². The summed E-state index contributed by atoms with van der Waals surface area (Å²) >= 11 is 3.38. The van der Waals surface area contributed by atoms with E-state index in [2.05, 4.69) is 45.2 Å². The molecule has 0 spiro atoms. The number of rotatable bonds is 3. The van der Waals surface area contributed by atoms with Gasteiger partial charge in [-0.2, -0.15) is 0 Å². The summed E-state index contributed by atoms with van der Waals surface area (Å²) in [6, 6.07) is 16.3. The van der Waals surface area contributed by atoms with E-state index in [0.717, 1.165) is 15.6 Å². The minimum Gasteiger partial charge on any atom is -0.388 e. The summed E-state index contributed by atoms with van der Waals surface area (Å²) < 4.78 is 0.881. The first-order chi connectivity index (χ1) is 9.74. The first kappa shape index (κ1) is 13.3. The Kier molecular flexibility index (Phi) is 3.81. The van der Waals surface area contributed by atoms with E-state index in [1.807, 2.05) is 24.3 Å². The van der Waals surface area contributed by atoms with Crippen LogP contribution in [0.4, 0.5) is 0 Å². The number of hydrogen-bond donors (Lipinski definition) is 1. The maximum absolute atomic E-state index is 10.4. The van der Waals surface area contributed by atoms with Gasteiger partial charge < -0.3 is 5.11 Å². The van der Waals surface area contributed by atoms with Crippen LogP contribution in [0.5, 0.6) is 0 Å². The summed E-state index contributed by atoms with van der Waals surface area (Å²) in [6.45, 7) is 0. The molecule has 0 aliphatic carbocycles. The van der Waals surface area contributed by atoms with E-state index >= 15 is 0 Å². The second-order valence-corrected chi connectivity index (χ2v) is 5.71. The number of benzene rings is 2. The summed E-state index contributed by atoms with van der Waals surface area (Å²) in [7, 11) is 0. The standard InChI is InChI=1S/C17H14BrNO/c18-15-8-14(10-19-11-15)17(20)9-13-6-3-5-12-4-1-2-7-16(12)13/h1-8,10-11,17,20H,9H2. The average molecular weight is 328 g/mol. The van der Waals surface area contributed by atoms with Crippen LogP contribution >= 0.6 is 15.9 Å². The molecule has 1 aromatic heterocycles. The number of nitrogens with zero attached hydrogens (tertiary/aromatic N) is 1. The van der Waals surface area contributed by atoms with Gasteiger partial charge in [0.2, 0.25) is 0 Å². The lowest BCUT2D eigenvalue weighted by molar-refractivity contribution is 0.178. The summed E-state index contributed by atoms with van der Waals surface area (Å²) in [5.74, 6) is 0. The average Bonchev–Trinajstić information content (AvgIpc) is 2.47. The van der Waals surface area contributed by atoms with E-state index in [9.17, 15) is 5.11 Å². The summed E-state index contributed by atoms with van der Waals surface area (Å²) in [5, 5.41) is 12.8. The quantitative estimate of drug-likeness (QED) is 0.779. The summed E-state index contributed by atoms with van der Waals surface area (Å²) in [6.07, 6.45) is 3.46. The topological polar surface area (TPSA) is 33.1 Å². The lowest BCUT2D eigenvalue weighted by Crippen LogP contribution is -2.02. The molecule has 2 nitrogen and oxygen atoms in total. The molecule has 1 unspecified atom stereocenters. The fourth-order valence-corrected chi connectivity index (χ4v) is 2.79. The van der Waals surface area contributed by atoms with E-state index in [4.69, 9.17) is 0 Å². The van der Waals surface area contributed by atoms with Crippen LogP contribution in [0.15, 0.2) is 65.4 Å². The molecule has 1 N–H and O–H groups in total. The van der Waals surface area contributed by atoms with Crippen molar-refractivity contribution >= 4 is 26.7 Å². The second kappa shape index (κ2) is 5.73. The normalized spacial score (nSPS) is 12.5. The number of fused-ring (bicyclic) bond motifs is 1. The van der Waals surface area contributed by atoms with Gasteiger partial charge in [0.15, 0.2) is 0 Å². The van der Waals surface area contributed by atoms with Gasteiger partial charge in [0, 0.05) is 28.9 Å². The highest BCUT2D eigenvalue weighted by atomic mass is 79.9. The number of aliphatic hydroxyl groups excluding tert-OH is 1. The van der Waals surface area contributed by atoms with Crippen LogP contribution in [0, 0.1) is 0 Å². The minimum atomic E-state index is -0.550. The number of aromatic nitrogens is 1. The van der Waals surface area contributed by atoms with Crippen molar-refractivity contribution in [1.29, 1.82) is 0 Å². The maximum Gasteiger partial charge on any atom is 0.0845 e. The highest BCUT2D eigenvalue weighted by molar-refractivity contribution is 9.10. The van der Waals surface area contributed by atoms with Crippen molar-refractivity contribution in [3.05, 3.63) is 76.5 Å². The van der Waals surface area contributed by atoms with Crippen LogP contribution in [0.25, 0.3) is 10.8 Å². The first-order valence-electron chi connectivity index (χ1n) is 6.49. The van der Waals surface area contributed by atoms with Gasteiger partial charge in [0.05, 0.1) is 6.10 Å². The number of hydrogen-bond acceptors (Lipinski definition) is 2. The second-order valence-electron chi connectivity index (χ2n) is 4.79. The largest absolute Gasteiger partial charge is 0.388 e. The molecular formula is C17H14BrNO. The van der Waals surface area contributed by atoms with Gasteiger partial charge in [-0.15, -0.1) is 0 Å². The Bertz CT molecular complexity index is 736. The van der Waals surface area contributed by atoms with Gasteiger partial charge in [-0.1, -0.05) is 42.5 Å². The van der Waals surface area contributed by atoms with Crippen LogP contribution in [0.2, 0.25) is 0 Å². The maximum atomic E-state index is 10.4. The third-order valence-corrected chi connectivity index (χ3v) is 3.84. The molecule has 0 saturated carbocycles. The minimum absolute atomic E-state index is 0.550. The molecular weight excluding hydrogens is 314 g/mol. The van der Waals surface area contributed by atoms with E-state index < -0.39 is 6.10 Å². The highest BCUT2D eigenvalue weighted by Gasteiger charge is 2.11. The van der Waals surface area contributed by atoms with Crippen LogP contribution in [-0.4, -0.2) is 10.1 Å². The molecule has 3 rings (SSSR count). The Morgan fingerprint density at radius 2 is 1.85 bits per heavy atom. The predicted molar refractivity (Wildman–Crippen MR) is 84.5 cm³/mol. The molecule has 20 heavy (non-hydrogen) atoms. The van der Waals surface area contributed by atoms with Crippen LogP contribution < -0.4 is 0 Å². The molecule has 100 valence electrons. The predicted octanol–water partition coefficient (Wildman–Crippen LogP) is 4.27. The van der Waals surface area contributed by atoms with Crippen molar-refractivity contribution in [2.24, 2.45) is 0 Å². The Morgan fingerprint density at radius 3 is 2.70 bits per heavy atom. The van der Waals surface area contributed by atoms with Gasteiger partial charge in [-0.3, -0.25) is 4.98 Å². The van der Waals surface area contributed by atoms with Crippen molar-refractivity contribution in [2.45, 2.75) is 12.5 Å². The van der Waals surface area contributed by atoms with Gasteiger partial charge in [0.1, 0.15) is 0 Å². The van der Waals surface area contributed by atoms with E-state index in [1.54, 1.807) is 12.4 Å². The van der Waals surface area contributed by atoms with E-state index in [0.29, 0.717) is 6.42 Å². The Hall–Kier alpha value is -1.71. The smallest absolute Gasteiger partial charge is 0.0845 e. The van der Waals surface area contributed by atoms with Crippen molar-refractivity contribution in [3.63, 3.8) is 0 Å². The molecule has 1 atom stereocenters. The molecule has 3 aromatic rings. The van der Waals surface area contributed by atoms with Crippen molar-refractivity contribution in [2.75, 3.05) is 0 Å². The van der Waals surface area contributed by atoms with Crippen molar-refractivity contribution in [3.8, 4) is 0 Å². The Balaban J connectivity index is 1.93. The SMILES string of the molecule is OC(Cc1cccc2ccccc12)c1cncc(Br)c1. The number of pyridine rings is 1. The van der Waals surface area contributed by atoms with Crippen molar-refractivity contribution in [1.82, 2.24) is 4.98 Å². The highest BCUT2D eigenvalue weighted by Crippen LogP contribution is 2.25. The van der Waals surface area contributed by atoms with Gasteiger partial charge >= 0.3 is 0 Å². The van der Waals surface area contributed by atoms with Gasteiger partial charge in [0.25, 0.3) is 0 Å². The number of aliphatic hydroxyl groups is 1. The van der Waals surface area contributed by atoms with Crippen LogP contribution in [0.3, 0.4) is 0 Å². The van der Waals surface area contributed by atoms with Crippen LogP contribution in [0.1, 0.15) is 17.2 Å². The zero-order valence-electron chi connectivity index (χ0n) is 10.8. The molecule has 0 bridgehead atoms. The lowest BCUT2D eigenvalue weighted by atomic mass is 9.97. The van der Waals surface area contributed by atoms with E-state index in [1.165, 1.54) is 10.8 Å². The monoisotopic (exact) mass is 327 g/mol. The zero-order valence-corrected chi connectivity index (χ0v) is 12.4. The van der Waals surface area contributed by atoms with Gasteiger partial charge in [-0.25, -0.2) is 0 Å². The molecule has 0 aliphatic heterocycles. The fraction of sp³-hybridized carbons (Fsp3) is 0.118. The lowest BCUT2D eigenvalue weighted by Gasteiger charge is -2.13. The van der Waals surface area contributed by atoms with Gasteiger partial charge in [-0.05, 0) is 38.3 Å². The van der Waals surface area contributed by atoms with E-state index in [-0.39, 0.29) is 0 Å². The summed E-state index contributed by atoms with van der Waals surface area (Å²) in [4.78, 5) is 4.10. The molecule has 2 aromatic carbocycles. The Labute approximate surface area is 126 Å². The van der Waals surface area contributed by atoms with Crippen molar-refractivity contribution < 1.29 is 5.11 Å². The molecule has 0 saturated heterocycles.